The number of carbonyl (C=O) groups excluding carboxylic acids is 2. The van der Waals surface area contributed by atoms with Crippen LogP contribution in [0.3, 0.4) is 0 Å². The summed E-state index contributed by atoms with van der Waals surface area (Å²) in [5, 5.41) is 6.11. The van der Waals surface area contributed by atoms with Crippen LogP contribution in [-0.4, -0.2) is 59.9 Å². The van der Waals surface area contributed by atoms with E-state index in [4.69, 9.17) is 4.74 Å². The maximum atomic E-state index is 12.5. The van der Waals surface area contributed by atoms with Gasteiger partial charge in [-0.3, -0.25) is 9.59 Å². The van der Waals surface area contributed by atoms with Crippen molar-refractivity contribution in [1.29, 1.82) is 0 Å². The summed E-state index contributed by atoms with van der Waals surface area (Å²) in [6.45, 7) is 3.96. The smallest absolute Gasteiger partial charge is 0.336 e. The molecule has 1 N–H and O–H groups in total. The van der Waals surface area contributed by atoms with E-state index < -0.39 is 23.5 Å². The van der Waals surface area contributed by atoms with Gasteiger partial charge in [0.2, 0.25) is 0 Å². The van der Waals surface area contributed by atoms with E-state index in [-0.39, 0.29) is 18.7 Å². The average molecular weight is 295 g/mol. The van der Waals surface area contributed by atoms with Crippen LogP contribution >= 0.6 is 0 Å². The van der Waals surface area contributed by atoms with Crippen molar-refractivity contribution < 1.29 is 19.1 Å². The second-order valence-electron chi connectivity index (χ2n) is 4.77. The predicted octanol–water partition coefficient (Wildman–Crippen LogP) is -0.599. The minimum atomic E-state index is -0.824. The number of rotatable bonds is 2. The molecule has 2 heterocycles. The monoisotopic (exact) mass is 295 g/mol. The van der Waals surface area contributed by atoms with E-state index in [2.05, 4.69) is 14.9 Å². The minimum absolute atomic E-state index is 0.0491. The topological polar surface area (TPSA) is 102 Å². The lowest BCUT2D eigenvalue weighted by molar-refractivity contribution is -0.158. The zero-order chi connectivity index (χ0) is 15.6. The van der Waals surface area contributed by atoms with Crippen molar-refractivity contribution in [3.05, 3.63) is 27.2 Å². The molecule has 1 aromatic rings. The molecule has 1 saturated heterocycles. The first-order valence-corrected chi connectivity index (χ1v) is 6.50. The number of nitrogens with zero attached hydrogens (tertiary/aromatic N) is 2. The van der Waals surface area contributed by atoms with Crippen molar-refractivity contribution in [3.8, 4) is 0 Å². The molecule has 1 aliphatic rings. The summed E-state index contributed by atoms with van der Waals surface area (Å²) in [5.41, 5.74) is 0.623. The molecular weight excluding hydrogens is 278 g/mol. The molecule has 1 fully saturated rings. The van der Waals surface area contributed by atoms with Crippen LogP contribution in [0, 0.1) is 13.8 Å². The molecule has 8 heteroatoms. The summed E-state index contributed by atoms with van der Waals surface area (Å²) in [6, 6.07) is 0. The van der Waals surface area contributed by atoms with Crippen LogP contribution in [0.5, 0.6) is 0 Å². The van der Waals surface area contributed by atoms with E-state index >= 15 is 0 Å². The van der Waals surface area contributed by atoms with Gasteiger partial charge in [0.15, 0.2) is 6.10 Å². The van der Waals surface area contributed by atoms with Crippen molar-refractivity contribution >= 4 is 11.9 Å². The van der Waals surface area contributed by atoms with Gasteiger partial charge in [0.05, 0.1) is 26.0 Å². The molecule has 1 aliphatic heterocycles. The average Bonchev–Trinajstić information content (AvgIpc) is 2.50. The number of amides is 1. The fraction of sp³-hybridized carbons (Fsp3) is 0.538. The molecule has 1 atom stereocenters. The third kappa shape index (κ3) is 2.94. The highest BCUT2D eigenvalue weighted by Crippen LogP contribution is 2.13. The molecule has 21 heavy (non-hydrogen) atoms. The van der Waals surface area contributed by atoms with E-state index in [1.165, 1.54) is 12.0 Å². The van der Waals surface area contributed by atoms with Crippen LogP contribution in [-0.2, 0) is 14.3 Å². The number of methoxy groups -OCH3 is 1. The number of morpholine rings is 1. The van der Waals surface area contributed by atoms with Crippen molar-refractivity contribution in [1.82, 2.24) is 15.1 Å². The van der Waals surface area contributed by atoms with E-state index in [1.807, 2.05) is 0 Å². The Morgan fingerprint density at radius 3 is 2.81 bits per heavy atom. The Bertz CT molecular complexity index is 625. The van der Waals surface area contributed by atoms with Crippen molar-refractivity contribution in [2.75, 3.05) is 26.8 Å². The third-order valence-electron chi connectivity index (χ3n) is 3.50. The Kier molecular flexibility index (Phi) is 4.37. The highest BCUT2D eigenvalue weighted by molar-refractivity contribution is 5.95. The Labute approximate surface area is 121 Å². The summed E-state index contributed by atoms with van der Waals surface area (Å²) in [4.78, 5) is 37.3. The summed E-state index contributed by atoms with van der Waals surface area (Å²) < 4.78 is 9.87. The van der Waals surface area contributed by atoms with Crippen LogP contribution in [0.1, 0.15) is 21.6 Å². The van der Waals surface area contributed by atoms with Gasteiger partial charge in [-0.1, -0.05) is 0 Å². The van der Waals surface area contributed by atoms with E-state index in [9.17, 15) is 14.4 Å². The van der Waals surface area contributed by atoms with E-state index in [0.717, 1.165) is 0 Å². The van der Waals surface area contributed by atoms with Gasteiger partial charge in [0, 0.05) is 6.54 Å². The highest BCUT2D eigenvalue weighted by atomic mass is 16.6. The molecule has 0 bridgehead atoms. The predicted molar refractivity (Wildman–Crippen MR) is 72.0 cm³/mol. The molecule has 1 aromatic heterocycles. The van der Waals surface area contributed by atoms with Gasteiger partial charge in [0.1, 0.15) is 5.56 Å². The number of aromatic amines is 1. The summed E-state index contributed by atoms with van der Waals surface area (Å²) in [5.74, 6) is -0.972. The lowest BCUT2D eigenvalue weighted by Crippen LogP contribution is -2.50. The Balaban J connectivity index is 2.26. The van der Waals surface area contributed by atoms with Gasteiger partial charge in [0.25, 0.3) is 11.5 Å². The van der Waals surface area contributed by atoms with Crippen molar-refractivity contribution in [3.63, 3.8) is 0 Å². The number of hydrogen-bond donors (Lipinski definition) is 1. The van der Waals surface area contributed by atoms with Crippen LogP contribution in [0.2, 0.25) is 0 Å². The third-order valence-corrected chi connectivity index (χ3v) is 3.50. The largest absolute Gasteiger partial charge is 0.467 e. The second-order valence-corrected chi connectivity index (χ2v) is 4.77. The fourth-order valence-electron chi connectivity index (χ4n) is 2.15. The lowest BCUT2D eigenvalue weighted by Gasteiger charge is -2.31. The van der Waals surface area contributed by atoms with Crippen LogP contribution in [0.15, 0.2) is 4.79 Å². The summed E-state index contributed by atoms with van der Waals surface area (Å²) in [6.07, 6.45) is -0.824. The maximum Gasteiger partial charge on any atom is 0.336 e. The second kappa shape index (κ2) is 6.04. The standard InChI is InChI=1S/C13H17N3O5/c1-7-8(2)14-15-11(17)10(7)12(18)16-4-5-21-9(6-16)13(19)20-3/h9H,4-6H2,1-3H3,(H,15,17). The number of carbonyl (C=O) groups is 2. The molecule has 8 nitrogen and oxygen atoms in total. The van der Waals surface area contributed by atoms with Gasteiger partial charge in [-0.2, -0.15) is 5.10 Å². The fourth-order valence-corrected chi connectivity index (χ4v) is 2.15. The molecular formula is C13H17N3O5. The van der Waals surface area contributed by atoms with Crippen molar-refractivity contribution in [2.24, 2.45) is 0 Å². The van der Waals surface area contributed by atoms with Gasteiger partial charge in [-0.05, 0) is 19.4 Å². The van der Waals surface area contributed by atoms with Crippen LogP contribution in [0.4, 0.5) is 0 Å². The Morgan fingerprint density at radius 2 is 2.14 bits per heavy atom. The SMILES string of the molecule is COC(=O)C1CN(C(=O)c2c(C)c(C)n[nH]c2=O)CCO1. The minimum Gasteiger partial charge on any atom is -0.467 e. The van der Waals surface area contributed by atoms with Crippen LogP contribution in [0.25, 0.3) is 0 Å². The number of ether oxygens (including phenoxy) is 2. The first-order valence-electron chi connectivity index (χ1n) is 6.50. The van der Waals surface area contributed by atoms with Gasteiger partial charge in [-0.25, -0.2) is 9.89 Å². The molecule has 1 unspecified atom stereocenters. The van der Waals surface area contributed by atoms with Gasteiger partial charge in [-0.15, -0.1) is 0 Å². The molecule has 2 rings (SSSR count). The molecule has 114 valence electrons. The number of esters is 1. The maximum absolute atomic E-state index is 12.5. The van der Waals surface area contributed by atoms with E-state index in [1.54, 1.807) is 13.8 Å². The first-order chi connectivity index (χ1) is 9.95. The number of aryl methyl sites for hydroxylation is 1. The molecule has 0 radical (unpaired) electrons. The quantitative estimate of drug-likeness (QED) is 0.731. The van der Waals surface area contributed by atoms with Gasteiger partial charge < -0.3 is 14.4 Å². The molecule has 0 saturated carbocycles. The molecule has 0 aliphatic carbocycles. The molecule has 0 spiro atoms. The van der Waals surface area contributed by atoms with Crippen molar-refractivity contribution in [2.45, 2.75) is 20.0 Å². The normalized spacial score (nSPS) is 18.4. The highest BCUT2D eigenvalue weighted by Gasteiger charge is 2.32. The number of aromatic nitrogens is 2. The summed E-state index contributed by atoms with van der Waals surface area (Å²) in [7, 11) is 1.26. The zero-order valence-corrected chi connectivity index (χ0v) is 12.1. The number of H-pyrrole nitrogens is 1. The number of nitrogens with one attached hydrogen (secondary N) is 1. The van der Waals surface area contributed by atoms with E-state index in [0.29, 0.717) is 17.8 Å². The van der Waals surface area contributed by atoms with Gasteiger partial charge >= 0.3 is 5.97 Å². The molecule has 1 amide bonds. The first kappa shape index (κ1) is 15.2. The molecule has 0 aromatic carbocycles. The zero-order valence-electron chi connectivity index (χ0n) is 12.1. The Hall–Kier alpha value is -2.22. The number of hydrogen-bond acceptors (Lipinski definition) is 6. The summed E-state index contributed by atoms with van der Waals surface area (Å²) >= 11 is 0. The Morgan fingerprint density at radius 1 is 1.43 bits per heavy atom. The van der Waals surface area contributed by atoms with Crippen LogP contribution < -0.4 is 5.56 Å². The lowest BCUT2D eigenvalue weighted by atomic mass is 10.1.